The number of hydrogen-bond donors (Lipinski definition) is 1. The molecule has 2 aromatic carbocycles. The number of nitrogens with zero attached hydrogens (tertiary/aromatic N) is 1. The predicted octanol–water partition coefficient (Wildman–Crippen LogP) is 4.69. The number of benzene rings is 2. The SMILES string of the molecule is CCOc1ccc(CCCNC(=O)c2ccc(CN3CCCC(C)C3)cc2)cc1OC. The summed E-state index contributed by atoms with van der Waals surface area (Å²) in [6, 6.07) is 14.1. The molecule has 1 saturated heterocycles. The van der Waals surface area contributed by atoms with Crippen molar-refractivity contribution in [3.63, 3.8) is 0 Å². The number of amides is 1. The van der Waals surface area contributed by atoms with Crippen LogP contribution in [0.25, 0.3) is 0 Å². The maximum Gasteiger partial charge on any atom is 0.251 e. The van der Waals surface area contributed by atoms with Crippen molar-refractivity contribution in [2.24, 2.45) is 5.92 Å². The fourth-order valence-electron chi connectivity index (χ4n) is 4.19. The number of nitrogens with one attached hydrogen (secondary N) is 1. The van der Waals surface area contributed by atoms with Crippen molar-refractivity contribution >= 4 is 5.91 Å². The largest absolute Gasteiger partial charge is 0.493 e. The van der Waals surface area contributed by atoms with E-state index in [0.29, 0.717) is 13.2 Å². The van der Waals surface area contributed by atoms with Crippen molar-refractivity contribution in [1.82, 2.24) is 10.2 Å². The van der Waals surface area contributed by atoms with E-state index in [1.165, 1.54) is 37.1 Å². The highest BCUT2D eigenvalue weighted by Gasteiger charge is 2.16. The molecule has 3 rings (SSSR count). The summed E-state index contributed by atoms with van der Waals surface area (Å²) < 4.78 is 11.0. The summed E-state index contributed by atoms with van der Waals surface area (Å²) in [6.07, 6.45) is 4.36. The van der Waals surface area contributed by atoms with E-state index in [-0.39, 0.29) is 5.91 Å². The Morgan fingerprint density at radius 3 is 2.61 bits per heavy atom. The van der Waals surface area contributed by atoms with Crippen LogP contribution >= 0.6 is 0 Å². The Labute approximate surface area is 186 Å². The van der Waals surface area contributed by atoms with Crippen LogP contribution in [0.1, 0.15) is 54.6 Å². The Bertz CT molecular complexity index is 835. The molecule has 1 unspecified atom stereocenters. The second-order valence-corrected chi connectivity index (χ2v) is 8.46. The molecule has 5 nitrogen and oxygen atoms in total. The highest BCUT2D eigenvalue weighted by atomic mass is 16.5. The van der Waals surface area contributed by atoms with Gasteiger partial charge in [-0.05, 0) is 80.5 Å². The minimum absolute atomic E-state index is 0.0116. The first kappa shape index (κ1) is 23.1. The van der Waals surface area contributed by atoms with Gasteiger partial charge in [0, 0.05) is 25.2 Å². The third kappa shape index (κ3) is 7.00. The van der Waals surface area contributed by atoms with Crippen molar-refractivity contribution in [3.05, 3.63) is 59.2 Å². The lowest BCUT2D eigenvalue weighted by atomic mass is 9.99. The number of carbonyl (C=O) groups excluding carboxylic acids is 1. The first-order valence-corrected chi connectivity index (χ1v) is 11.5. The molecule has 1 fully saturated rings. The van der Waals surface area contributed by atoms with E-state index in [4.69, 9.17) is 9.47 Å². The van der Waals surface area contributed by atoms with Gasteiger partial charge in [-0.25, -0.2) is 0 Å². The van der Waals surface area contributed by atoms with Gasteiger partial charge in [0.05, 0.1) is 13.7 Å². The van der Waals surface area contributed by atoms with Gasteiger partial charge in [-0.2, -0.15) is 0 Å². The molecule has 0 bridgehead atoms. The Hall–Kier alpha value is -2.53. The zero-order chi connectivity index (χ0) is 22.1. The molecule has 31 heavy (non-hydrogen) atoms. The molecule has 1 N–H and O–H groups in total. The Morgan fingerprint density at radius 2 is 1.90 bits per heavy atom. The van der Waals surface area contributed by atoms with Gasteiger partial charge in [0.2, 0.25) is 0 Å². The van der Waals surface area contributed by atoms with Crippen LogP contribution in [0, 0.1) is 5.92 Å². The van der Waals surface area contributed by atoms with Gasteiger partial charge in [-0.1, -0.05) is 25.1 Å². The number of carbonyl (C=O) groups is 1. The number of piperidine rings is 1. The van der Waals surface area contributed by atoms with Crippen molar-refractivity contribution in [2.45, 2.75) is 46.1 Å². The number of aryl methyl sites for hydroxylation is 1. The van der Waals surface area contributed by atoms with Gasteiger partial charge in [0.15, 0.2) is 11.5 Å². The summed E-state index contributed by atoms with van der Waals surface area (Å²) >= 11 is 0. The quantitative estimate of drug-likeness (QED) is 0.562. The number of rotatable bonds is 10. The summed E-state index contributed by atoms with van der Waals surface area (Å²) in [7, 11) is 1.65. The lowest BCUT2D eigenvalue weighted by molar-refractivity contribution is 0.0953. The molecule has 1 amide bonds. The average molecular weight is 425 g/mol. The molecule has 1 aliphatic rings. The van der Waals surface area contributed by atoms with Crippen molar-refractivity contribution in [1.29, 1.82) is 0 Å². The van der Waals surface area contributed by atoms with E-state index in [1.54, 1.807) is 7.11 Å². The summed E-state index contributed by atoms with van der Waals surface area (Å²) in [5.41, 5.74) is 3.17. The van der Waals surface area contributed by atoms with Crippen LogP contribution in [0.2, 0.25) is 0 Å². The zero-order valence-corrected chi connectivity index (χ0v) is 19.2. The molecule has 0 aromatic heterocycles. The first-order chi connectivity index (χ1) is 15.1. The lowest BCUT2D eigenvalue weighted by Gasteiger charge is -2.30. The smallest absolute Gasteiger partial charge is 0.251 e. The van der Waals surface area contributed by atoms with Gasteiger partial charge in [-0.3, -0.25) is 9.69 Å². The van der Waals surface area contributed by atoms with Gasteiger partial charge in [0.25, 0.3) is 5.91 Å². The van der Waals surface area contributed by atoms with Crippen molar-refractivity contribution in [3.8, 4) is 11.5 Å². The third-order valence-corrected chi connectivity index (χ3v) is 5.82. The molecular formula is C26H36N2O3. The molecular weight excluding hydrogens is 388 g/mol. The number of hydrogen-bond acceptors (Lipinski definition) is 4. The van der Waals surface area contributed by atoms with Crippen LogP contribution in [0.5, 0.6) is 11.5 Å². The molecule has 0 radical (unpaired) electrons. The second-order valence-electron chi connectivity index (χ2n) is 8.46. The van der Waals surface area contributed by atoms with Crippen LogP contribution in [0.4, 0.5) is 0 Å². The summed E-state index contributed by atoms with van der Waals surface area (Å²) in [5, 5.41) is 3.03. The number of likely N-dealkylation sites (tertiary alicyclic amines) is 1. The van der Waals surface area contributed by atoms with E-state index in [1.807, 2.05) is 31.2 Å². The molecule has 2 aromatic rings. The fraction of sp³-hybridized carbons (Fsp3) is 0.500. The van der Waals surface area contributed by atoms with Crippen LogP contribution in [0.15, 0.2) is 42.5 Å². The zero-order valence-electron chi connectivity index (χ0n) is 19.2. The molecule has 0 spiro atoms. The van der Waals surface area contributed by atoms with Crippen LogP contribution < -0.4 is 14.8 Å². The summed E-state index contributed by atoms with van der Waals surface area (Å²) in [6.45, 7) is 8.85. The van der Waals surface area contributed by atoms with E-state index in [0.717, 1.165) is 42.4 Å². The molecule has 0 saturated carbocycles. The van der Waals surface area contributed by atoms with Crippen LogP contribution in [0.3, 0.4) is 0 Å². The van der Waals surface area contributed by atoms with Gasteiger partial charge in [-0.15, -0.1) is 0 Å². The monoisotopic (exact) mass is 424 g/mol. The molecule has 0 aliphatic carbocycles. The maximum absolute atomic E-state index is 12.5. The topological polar surface area (TPSA) is 50.8 Å². The highest BCUT2D eigenvalue weighted by molar-refractivity contribution is 5.94. The fourth-order valence-corrected chi connectivity index (χ4v) is 4.19. The normalized spacial score (nSPS) is 16.7. The second kappa shape index (κ2) is 11.8. The Morgan fingerprint density at radius 1 is 1.13 bits per heavy atom. The summed E-state index contributed by atoms with van der Waals surface area (Å²) in [5.74, 6) is 2.28. The highest BCUT2D eigenvalue weighted by Crippen LogP contribution is 2.28. The average Bonchev–Trinajstić information content (AvgIpc) is 2.78. The Balaban J connectivity index is 1.42. The van der Waals surface area contributed by atoms with E-state index >= 15 is 0 Å². The van der Waals surface area contributed by atoms with Gasteiger partial charge in [0.1, 0.15) is 0 Å². The number of methoxy groups -OCH3 is 1. The van der Waals surface area contributed by atoms with E-state index < -0.39 is 0 Å². The first-order valence-electron chi connectivity index (χ1n) is 11.5. The van der Waals surface area contributed by atoms with Crippen LogP contribution in [-0.2, 0) is 13.0 Å². The summed E-state index contributed by atoms with van der Waals surface area (Å²) in [4.78, 5) is 15.0. The minimum Gasteiger partial charge on any atom is -0.493 e. The Kier molecular flexibility index (Phi) is 8.77. The molecule has 168 valence electrons. The van der Waals surface area contributed by atoms with Crippen LogP contribution in [-0.4, -0.2) is 44.2 Å². The third-order valence-electron chi connectivity index (χ3n) is 5.82. The minimum atomic E-state index is -0.0116. The molecule has 1 atom stereocenters. The van der Waals surface area contributed by atoms with Gasteiger partial charge < -0.3 is 14.8 Å². The molecule has 5 heteroatoms. The molecule has 1 heterocycles. The molecule has 1 aliphatic heterocycles. The maximum atomic E-state index is 12.5. The van der Waals surface area contributed by atoms with Gasteiger partial charge >= 0.3 is 0 Å². The lowest BCUT2D eigenvalue weighted by Crippen LogP contribution is -2.33. The predicted molar refractivity (Wildman–Crippen MR) is 125 cm³/mol. The van der Waals surface area contributed by atoms with E-state index in [9.17, 15) is 4.79 Å². The van der Waals surface area contributed by atoms with Crippen molar-refractivity contribution < 1.29 is 14.3 Å². The van der Waals surface area contributed by atoms with E-state index in [2.05, 4.69) is 35.3 Å². The standard InChI is InChI=1S/C26H36N2O3/c1-4-31-24-14-11-21(17-25(24)30-3)8-5-15-27-26(29)23-12-9-22(10-13-23)19-28-16-6-7-20(2)18-28/h9-14,17,20H,4-8,15-16,18-19H2,1-3H3,(H,27,29). The number of ether oxygens (including phenoxy) is 2. The van der Waals surface area contributed by atoms with Crippen molar-refractivity contribution in [2.75, 3.05) is 33.4 Å².